The molecule has 0 radical (unpaired) electrons. The lowest BCUT2D eigenvalue weighted by Gasteiger charge is -2.30. The molecule has 0 saturated heterocycles. The Bertz CT molecular complexity index is 606. The first-order valence-corrected chi connectivity index (χ1v) is 8.36. The van der Waals surface area contributed by atoms with Crippen molar-refractivity contribution in [1.82, 2.24) is 4.31 Å². The second-order valence-corrected chi connectivity index (χ2v) is 7.52. The van der Waals surface area contributed by atoms with E-state index in [1.54, 1.807) is 0 Å². The predicted octanol–water partition coefficient (Wildman–Crippen LogP) is 2.14. The van der Waals surface area contributed by atoms with E-state index in [1.165, 1.54) is 7.05 Å². The van der Waals surface area contributed by atoms with E-state index in [0.717, 1.165) is 35.7 Å². The largest absolute Gasteiger partial charge is 0.393 e. The van der Waals surface area contributed by atoms with Gasteiger partial charge in [0.2, 0.25) is 10.0 Å². The maximum absolute atomic E-state index is 13.2. The van der Waals surface area contributed by atoms with Crippen molar-refractivity contribution in [2.75, 3.05) is 13.6 Å². The number of aliphatic hydroxyl groups excluding tert-OH is 1. The first kappa shape index (κ1) is 16.3. The SMILES string of the molecule is CN(CC1CCCCC1O)S(=O)(=O)c1ccc(F)c(F)c1. The highest BCUT2D eigenvalue weighted by Crippen LogP contribution is 2.27. The fraction of sp³-hybridized carbons (Fsp3) is 0.571. The number of halogens is 2. The van der Waals surface area contributed by atoms with E-state index in [1.807, 2.05) is 0 Å². The predicted molar refractivity (Wildman–Crippen MR) is 74.1 cm³/mol. The maximum Gasteiger partial charge on any atom is 0.242 e. The molecule has 0 amide bonds. The summed E-state index contributed by atoms with van der Waals surface area (Å²) in [4.78, 5) is -0.283. The zero-order valence-electron chi connectivity index (χ0n) is 11.8. The minimum atomic E-state index is -3.89. The summed E-state index contributed by atoms with van der Waals surface area (Å²) < 4.78 is 51.8. The Balaban J connectivity index is 2.16. The van der Waals surface area contributed by atoms with E-state index in [2.05, 4.69) is 0 Å². The van der Waals surface area contributed by atoms with Gasteiger partial charge in [-0.15, -0.1) is 0 Å². The third kappa shape index (κ3) is 3.59. The van der Waals surface area contributed by atoms with Gasteiger partial charge in [-0.05, 0) is 37.0 Å². The van der Waals surface area contributed by atoms with Crippen LogP contribution in [0.1, 0.15) is 25.7 Å². The number of benzene rings is 1. The van der Waals surface area contributed by atoms with E-state index >= 15 is 0 Å². The molecule has 1 aliphatic carbocycles. The fourth-order valence-electron chi connectivity index (χ4n) is 2.65. The Morgan fingerprint density at radius 2 is 1.90 bits per heavy atom. The Morgan fingerprint density at radius 3 is 2.52 bits per heavy atom. The van der Waals surface area contributed by atoms with E-state index in [-0.39, 0.29) is 17.4 Å². The lowest BCUT2D eigenvalue weighted by atomic mass is 9.86. The summed E-state index contributed by atoms with van der Waals surface area (Å²) in [5.74, 6) is -2.40. The molecule has 0 bridgehead atoms. The molecule has 1 saturated carbocycles. The van der Waals surface area contributed by atoms with Crippen LogP contribution in [0.2, 0.25) is 0 Å². The van der Waals surface area contributed by atoms with Gasteiger partial charge in [0.1, 0.15) is 0 Å². The fourth-order valence-corrected chi connectivity index (χ4v) is 3.89. The zero-order chi connectivity index (χ0) is 15.6. The molecular weight excluding hydrogens is 300 g/mol. The molecule has 118 valence electrons. The molecule has 2 unspecified atom stereocenters. The molecule has 1 fully saturated rings. The van der Waals surface area contributed by atoms with E-state index in [0.29, 0.717) is 12.5 Å². The zero-order valence-corrected chi connectivity index (χ0v) is 12.6. The highest BCUT2D eigenvalue weighted by Gasteiger charge is 2.29. The van der Waals surface area contributed by atoms with Gasteiger partial charge in [0, 0.05) is 13.6 Å². The number of hydrogen-bond donors (Lipinski definition) is 1. The van der Waals surface area contributed by atoms with Gasteiger partial charge in [-0.2, -0.15) is 0 Å². The van der Waals surface area contributed by atoms with Crippen LogP contribution in [0.5, 0.6) is 0 Å². The van der Waals surface area contributed by atoms with Gasteiger partial charge in [-0.1, -0.05) is 12.8 Å². The number of sulfonamides is 1. The van der Waals surface area contributed by atoms with Crippen LogP contribution >= 0.6 is 0 Å². The van der Waals surface area contributed by atoms with Crippen molar-refractivity contribution in [3.8, 4) is 0 Å². The van der Waals surface area contributed by atoms with Crippen molar-refractivity contribution in [2.45, 2.75) is 36.7 Å². The van der Waals surface area contributed by atoms with Crippen molar-refractivity contribution in [3.63, 3.8) is 0 Å². The summed E-state index contributed by atoms with van der Waals surface area (Å²) in [7, 11) is -2.50. The molecule has 1 aliphatic rings. The normalized spacial score (nSPS) is 23.5. The number of nitrogens with zero attached hydrogens (tertiary/aromatic N) is 1. The van der Waals surface area contributed by atoms with Crippen molar-refractivity contribution >= 4 is 10.0 Å². The molecule has 0 aliphatic heterocycles. The van der Waals surface area contributed by atoms with E-state index in [4.69, 9.17) is 0 Å². The van der Waals surface area contributed by atoms with Crippen molar-refractivity contribution in [1.29, 1.82) is 0 Å². The Morgan fingerprint density at radius 1 is 1.24 bits per heavy atom. The molecule has 7 heteroatoms. The molecule has 0 aromatic heterocycles. The summed E-state index contributed by atoms with van der Waals surface area (Å²) in [6, 6.07) is 2.52. The molecule has 21 heavy (non-hydrogen) atoms. The second kappa shape index (κ2) is 6.37. The maximum atomic E-state index is 13.2. The van der Waals surface area contributed by atoms with Gasteiger partial charge in [-0.3, -0.25) is 0 Å². The highest BCUT2D eigenvalue weighted by molar-refractivity contribution is 7.89. The Kier molecular flexibility index (Phi) is 4.95. The molecule has 4 nitrogen and oxygen atoms in total. The third-order valence-electron chi connectivity index (χ3n) is 3.96. The summed E-state index contributed by atoms with van der Waals surface area (Å²) in [6.07, 6.45) is 2.82. The van der Waals surface area contributed by atoms with E-state index < -0.39 is 27.8 Å². The molecule has 0 heterocycles. The molecule has 1 N–H and O–H groups in total. The lowest BCUT2D eigenvalue weighted by molar-refractivity contribution is 0.0620. The smallest absolute Gasteiger partial charge is 0.242 e. The highest BCUT2D eigenvalue weighted by atomic mass is 32.2. The minimum Gasteiger partial charge on any atom is -0.393 e. The summed E-state index contributed by atoms with van der Waals surface area (Å²) in [6.45, 7) is 0.169. The first-order chi connectivity index (χ1) is 9.82. The average Bonchev–Trinajstić information content (AvgIpc) is 2.44. The van der Waals surface area contributed by atoms with Crippen LogP contribution in [0.25, 0.3) is 0 Å². The van der Waals surface area contributed by atoms with Crippen LogP contribution in [0, 0.1) is 17.6 Å². The van der Waals surface area contributed by atoms with Crippen LogP contribution < -0.4 is 0 Å². The minimum absolute atomic E-state index is 0.121. The van der Waals surface area contributed by atoms with Gasteiger partial charge in [0.05, 0.1) is 11.0 Å². The Labute approximate surface area is 123 Å². The number of aliphatic hydroxyl groups is 1. The molecular formula is C14H19F2NO3S. The third-order valence-corrected chi connectivity index (χ3v) is 5.78. The standard InChI is InChI=1S/C14H19F2NO3S/c1-17(9-10-4-2-3-5-14(10)18)21(19,20)11-6-7-12(15)13(16)8-11/h6-8,10,14,18H,2-5,9H2,1H3. The van der Waals surface area contributed by atoms with Crippen LogP contribution in [0.15, 0.2) is 23.1 Å². The molecule has 1 aromatic rings. The van der Waals surface area contributed by atoms with Crippen LogP contribution in [-0.4, -0.2) is 37.5 Å². The van der Waals surface area contributed by atoms with E-state index in [9.17, 15) is 22.3 Å². The number of hydrogen-bond acceptors (Lipinski definition) is 3. The molecule has 2 rings (SSSR count). The molecule has 0 spiro atoms. The van der Waals surface area contributed by atoms with Gasteiger partial charge < -0.3 is 5.11 Å². The summed E-state index contributed by atoms with van der Waals surface area (Å²) in [5, 5.41) is 9.90. The topological polar surface area (TPSA) is 57.6 Å². The monoisotopic (exact) mass is 319 g/mol. The van der Waals surface area contributed by atoms with Gasteiger partial charge >= 0.3 is 0 Å². The number of rotatable bonds is 4. The summed E-state index contributed by atoms with van der Waals surface area (Å²) >= 11 is 0. The first-order valence-electron chi connectivity index (χ1n) is 6.92. The van der Waals surface area contributed by atoms with Crippen molar-refractivity contribution in [2.24, 2.45) is 5.92 Å². The van der Waals surface area contributed by atoms with Crippen molar-refractivity contribution < 1.29 is 22.3 Å². The van der Waals surface area contributed by atoms with Crippen LogP contribution in [0.3, 0.4) is 0 Å². The quantitative estimate of drug-likeness (QED) is 0.925. The second-order valence-electron chi connectivity index (χ2n) is 5.47. The van der Waals surface area contributed by atoms with Gasteiger partial charge in [0.15, 0.2) is 11.6 Å². The van der Waals surface area contributed by atoms with Crippen molar-refractivity contribution in [3.05, 3.63) is 29.8 Å². The van der Waals surface area contributed by atoms with Gasteiger partial charge in [-0.25, -0.2) is 21.5 Å². The van der Waals surface area contributed by atoms with Gasteiger partial charge in [0.25, 0.3) is 0 Å². The Hall–Kier alpha value is -1.05. The van der Waals surface area contributed by atoms with Crippen LogP contribution in [0.4, 0.5) is 8.78 Å². The summed E-state index contributed by atoms with van der Waals surface area (Å²) in [5.41, 5.74) is 0. The molecule has 1 aromatic carbocycles. The lowest BCUT2D eigenvalue weighted by Crippen LogP contribution is -2.38. The average molecular weight is 319 g/mol. The molecule has 2 atom stereocenters. The van der Waals surface area contributed by atoms with Crippen LogP contribution in [-0.2, 0) is 10.0 Å².